The van der Waals surface area contributed by atoms with Gasteiger partial charge < -0.3 is 4.90 Å². The van der Waals surface area contributed by atoms with E-state index >= 15 is 0 Å². The predicted molar refractivity (Wildman–Crippen MR) is 113 cm³/mol. The number of aromatic nitrogens is 2. The molecule has 2 aromatic rings. The molecule has 2 heterocycles. The molecular weight excluding hydrogens is 405 g/mol. The molecule has 0 amide bonds. The Morgan fingerprint density at radius 1 is 1.30 bits per heavy atom. The second-order valence-corrected chi connectivity index (χ2v) is 10.4. The third-order valence-corrected chi connectivity index (χ3v) is 7.06. The van der Waals surface area contributed by atoms with Gasteiger partial charge in [0.15, 0.2) is 0 Å². The molecule has 162 valence electrons. The normalized spacial score (nSPS) is 17.8. The van der Waals surface area contributed by atoms with E-state index in [4.69, 9.17) is 5.26 Å². The van der Waals surface area contributed by atoms with Gasteiger partial charge in [0.1, 0.15) is 10.7 Å². The third kappa shape index (κ3) is 4.35. The summed E-state index contributed by atoms with van der Waals surface area (Å²) in [6, 6.07) is 5.92. The number of sulfonamides is 1. The SMILES string of the molecule is Cc1nn(C(C)(C)C)c(C)c1S(=O)(=O)NC1CCCN(c2ccc(C#N)cc2F)C1. The maximum absolute atomic E-state index is 14.4. The molecule has 1 aliphatic heterocycles. The maximum atomic E-state index is 14.4. The van der Waals surface area contributed by atoms with Crippen LogP contribution in [0.5, 0.6) is 0 Å². The molecule has 1 atom stereocenters. The lowest BCUT2D eigenvalue weighted by Gasteiger charge is -2.34. The van der Waals surface area contributed by atoms with Gasteiger partial charge in [0.25, 0.3) is 0 Å². The van der Waals surface area contributed by atoms with Crippen LogP contribution in [0, 0.1) is 31.0 Å². The Balaban J connectivity index is 1.83. The topological polar surface area (TPSA) is 91.0 Å². The molecule has 1 N–H and O–H groups in total. The first-order valence-electron chi connectivity index (χ1n) is 9.97. The highest BCUT2D eigenvalue weighted by Gasteiger charge is 2.32. The summed E-state index contributed by atoms with van der Waals surface area (Å²) in [7, 11) is -3.78. The van der Waals surface area contributed by atoms with E-state index in [-0.39, 0.29) is 22.0 Å². The van der Waals surface area contributed by atoms with Crippen molar-refractivity contribution in [1.82, 2.24) is 14.5 Å². The van der Waals surface area contributed by atoms with E-state index in [2.05, 4.69) is 9.82 Å². The molecule has 0 spiro atoms. The van der Waals surface area contributed by atoms with Crippen LogP contribution >= 0.6 is 0 Å². The fourth-order valence-corrected chi connectivity index (χ4v) is 5.73. The zero-order valence-corrected chi connectivity index (χ0v) is 18.8. The third-order valence-electron chi connectivity index (χ3n) is 5.29. The second kappa shape index (κ2) is 8.00. The summed E-state index contributed by atoms with van der Waals surface area (Å²) in [6.45, 7) is 10.4. The van der Waals surface area contributed by atoms with Gasteiger partial charge in [-0.05, 0) is 65.7 Å². The van der Waals surface area contributed by atoms with Crippen LogP contribution < -0.4 is 9.62 Å². The summed E-state index contributed by atoms with van der Waals surface area (Å²) >= 11 is 0. The highest BCUT2D eigenvalue weighted by molar-refractivity contribution is 7.89. The molecular formula is C21H28FN5O2S. The van der Waals surface area contributed by atoms with Gasteiger partial charge >= 0.3 is 0 Å². The van der Waals surface area contributed by atoms with Crippen LogP contribution in [0.3, 0.4) is 0 Å². The fourth-order valence-electron chi connectivity index (χ4n) is 4.07. The van der Waals surface area contributed by atoms with Crippen molar-refractivity contribution in [2.45, 2.75) is 63.9 Å². The Bertz CT molecular complexity index is 1100. The predicted octanol–water partition coefficient (Wildman–Crippen LogP) is 3.21. The van der Waals surface area contributed by atoms with Gasteiger partial charge in [-0.3, -0.25) is 4.68 Å². The standard InChI is InChI=1S/C21H28FN5O2S/c1-14-20(15(2)27(24-14)21(3,4)5)30(28,29)25-17-7-6-10-26(13-17)19-9-8-16(12-23)11-18(19)22/h8-9,11,17,25H,6-7,10,13H2,1-5H3. The summed E-state index contributed by atoms with van der Waals surface area (Å²) in [6.07, 6.45) is 1.39. The summed E-state index contributed by atoms with van der Waals surface area (Å²) in [5.41, 5.74) is 1.36. The van der Waals surface area contributed by atoms with Crippen LogP contribution in [-0.2, 0) is 15.6 Å². The van der Waals surface area contributed by atoms with Crippen molar-refractivity contribution >= 4 is 15.7 Å². The number of anilines is 1. The van der Waals surface area contributed by atoms with Gasteiger partial charge in [-0.15, -0.1) is 0 Å². The first-order valence-corrected chi connectivity index (χ1v) is 11.5. The van der Waals surface area contributed by atoms with Crippen LogP contribution in [-0.4, -0.2) is 37.3 Å². The number of nitrogens with zero attached hydrogens (tertiary/aromatic N) is 4. The lowest BCUT2D eigenvalue weighted by molar-refractivity contribution is 0.345. The van der Waals surface area contributed by atoms with Gasteiger partial charge in [0.2, 0.25) is 10.0 Å². The minimum atomic E-state index is -3.78. The Kier molecular flexibility index (Phi) is 5.94. The fraction of sp³-hybridized carbons (Fsp3) is 0.524. The minimum Gasteiger partial charge on any atom is -0.368 e. The van der Waals surface area contributed by atoms with E-state index in [1.54, 1.807) is 30.7 Å². The minimum absolute atomic E-state index is 0.208. The first-order chi connectivity index (χ1) is 13.9. The molecule has 0 bridgehead atoms. The van der Waals surface area contributed by atoms with Crippen molar-refractivity contribution in [1.29, 1.82) is 5.26 Å². The zero-order valence-electron chi connectivity index (χ0n) is 18.0. The summed E-state index contributed by atoms with van der Waals surface area (Å²) < 4.78 is 45.3. The molecule has 0 saturated carbocycles. The lowest BCUT2D eigenvalue weighted by Crippen LogP contribution is -2.48. The molecule has 3 rings (SSSR count). The highest BCUT2D eigenvalue weighted by Crippen LogP contribution is 2.27. The highest BCUT2D eigenvalue weighted by atomic mass is 32.2. The largest absolute Gasteiger partial charge is 0.368 e. The number of benzene rings is 1. The molecule has 7 nitrogen and oxygen atoms in total. The average Bonchev–Trinajstić information content (AvgIpc) is 2.96. The van der Waals surface area contributed by atoms with E-state index in [0.717, 1.165) is 6.42 Å². The maximum Gasteiger partial charge on any atom is 0.244 e. The molecule has 1 aliphatic rings. The number of aryl methyl sites for hydroxylation is 1. The number of piperidine rings is 1. The quantitative estimate of drug-likeness (QED) is 0.799. The van der Waals surface area contributed by atoms with E-state index < -0.39 is 15.8 Å². The van der Waals surface area contributed by atoms with Crippen molar-refractivity contribution < 1.29 is 12.8 Å². The second-order valence-electron chi connectivity index (χ2n) is 8.77. The summed E-state index contributed by atoms with van der Waals surface area (Å²) in [4.78, 5) is 2.03. The van der Waals surface area contributed by atoms with Gasteiger partial charge in [-0.25, -0.2) is 17.5 Å². The van der Waals surface area contributed by atoms with Crippen molar-refractivity contribution in [2.24, 2.45) is 0 Å². The van der Waals surface area contributed by atoms with Gasteiger partial charge in [0, 0.05) is 19.1 Å². The number of halogens is 1. The van der Waals surface area contributed by atoms with Gasteiger partial charge in [-0.2, -0.15) is 10.4 Å². The van der Waals surface area contributed by atoms with Crippen LogP contribution in [0.2, 0.25) is 0 Å². The van der Waals surface area contributed by atoms with Gasteiger partial charge in [-0.1, -0.05) is 0 Å². The Morgan fingerprint density at radius 2 is 2.00 bits per heavy atom. The molecule has 1 saturated heterocycles. The van der Waals surface area contributed by atoms with E-state index in [0.29, 0.717) is 36.6 Å². The number of nitriles is 1. The number of hydrogen-bond donors (Lipinski definition) is 1. The van der Waals surface area contributed by atoms with Gasteiger partial charge in [0.05, 0.1) is 34.2 Å². The molecule has 0 aliphatic carbocycles. The van der Waals surface area contributed by atoms with Crippen LogP contribution in [0.15, 0.2) is 23.1 Å². The number of hydrogen-bond acceptors (Lipinski definition) is 5. The van der Waals surface area contributed by atoms with Crippen molar-refractivity contribution in [3.63, 3.8) is 0 Å². The van der Waals surface area contributed by atoms with Crippen molar-refractivity contribution in [2.75, 3.05) is 18.0 Å². The summed E-state index contributed by atoms with van der Waals surface area (Å²) in [5.74, 6) is -0.476. The van der Waals surface area contributed by atoms with E-state index in [9.17, 15) is 12.8 Å². The molecule has 1 unspecified atom stereocenters. The van der Waals surface area contributed by atoms with Crippen LogP contribution in [0.25, 0.3) is 0 Å². The molecule has 1 aromatic carbocycles. The monoisotopic (exact) mass is 433 g/mol. The van der Waals surface area contributed by atoms with E-state index in [1.165, 1.54) is 6.07 Å². The molecule has 1 aromatic heterocycles. The van der Waals surface area contributed by atoms with Crippen molar-refractivity contribution in [3.05, 3.63) is 41.0 Å². The van der Waals surface area contributed by atoms with Crippen LogP contribution in [0.1, 0.15) is 50.6 Å². The number of nitrogens with one attached hydrogen (secondary N) is 1. The smallest absolute Gasteiger partial charge is 0.244 e. The molecule has 0 radical (unpaired) electrons. The Hall–Kier alpha value is -2.44. The van der Waals surface area contributed by atoms with E-state index in [1.807, 2.05) is 31.7 Å². The molecule has 9 heteroatoms. The molecule has 30 heavy (non-hydrogen) atoms. The Labute approximate surface area is 177 Å². The number of rotatable bonds is 4. The summed E-state index contributed by atoms with van der Waals surface area (Å²) in [5, 5.41) is 13.4. The van der Waals surface area contributed by atoms with Crippen LogP contribution in [0.4, 0.5) is 10.1 Å². The van der Waals surface area contributed by atoms with Crippen molar-refractivity contribution in [3.8, 4) is 6.07 Å². The zero-order chi connectivity index (χ0) is 22.3. The lowest BCUT2D eigenvalue weighted by atomic mass is 10.1. The Morgan fingerprint density at radius 3 is 2.57 bits per heavy atom. The average molecular weight is 434 g/mol. The molecule has 1 fully saturated rings. The first kappa shape index (κ1) is 22.2.